The molecule has 0 bridgehead atoms. The van der Waals surface area contributed by atoms with Gasteiger partial charge in [0.05, 0.1) is 12.0 Å². The fourth-order valence-electron chi connectivity index (χ4n) is 3.00. The van der Waals surface area contributed by atoms with Gasteiger partial charge >= 0.3 is 0 Å². The Balaban J connectivity index is 1.59. The van der Waals surface area contributed by atoms with Gasteiger partial charge in [-0.15, -0.1) is 0 Å². The number of rotatable bonds is 5. The topological polar surface area (TPSA) is 66.9 Å². The third-order valence-corrected chi connectivity index (χ3v) is 6.66. The van der Waals surface area contributed by atoms with Crippen LogP contribution in [-0.2, 0) is 14.8 Å². The SMILES string of the molecule is COc1ccc(S(=O)(=O)N2CCN(C(=O)/C=C/c3ccc(C)cc3)CC2)cc1. The third kappa shape index (κ3) is 4.61. The van der Waals surface area contributed by atoms with Crippen LogP contribution in [0.3, 0.4) is 0 Å². The van der Waals surface area contributed by atoms with Crippen LogP contribution in [-0.4, -0.2) is 56.8 Å². The summed E-state index contributed by atoms with van der Waals surface area (Å²) in [4.78, 5) is 14.3. The van der Waals surface area contributed by atoms with E-state index in [0.29, 0.717) is 18.8 Å². The number of carbonyl (C=O) groups excluding carboxylic acids is 1. The number of carbonyl (C=O) groups is 1. The second-order valence-corrected chi connectivity index (χ2v) is 8.59. The van der Waals surface area contributed by atoms with E-state index in [1.807, 2.05) is 31.2 Å². The van der Waals surface area contributed by atoms with Crippen LogP contribution in [0.4, 0.5) is 0 Å². The molecule has 7 heteroatoms. The molecule has 0 radical (unpaired) electrons. The molecule has 0 unspecified atom stereocenters. The average molecular weight is 401 g/mol. The Morgan fingerprint density at radius 1 is 0.964 bits per heavy atom. The fourth-order valence-corrected chi connectivity index (χ4v) is 4.42. The van der Waals surface area contributed by atoms with Gasteiger partial charge in [0.15, 0.2) is 0 Å². The van der Waals surface area contributed by atoms with E-state index >= 15 is 0 Å². The number of aryl methyl sites for hydroxylation is 1. The largest absolute Gasteiger partial charge is 0.497 e. The van der Waals surface area contributed by atoms with Crippen LogP contribution in [0.25, 0.3) is 6.08 Å². The van der Waals surface area contributed by atoms with Crippen molar-refractivity contribution in [2.24, 2.45) is 0 Å². The van der Waals surface area contributed by atoms with E-state index in [9.17, 15) is 13.2 Å². The van der Waals surface area contributed by atoms with Crippen LogP contribution in [0.5, 0.6) is 5.75 Å². The molecule has 1 aliphatic heterocycles. The summed E-state index contributed by atoms with van der Waals surface area (Å²) in [6, 6.07) is 14.2. The Bertz CT molecular complexity index is 943. The van der Waals surface area contributed by atoms with Crippen molar-refractivity contribution >= 4 is 22.0 Å². The smallest absolute Gasteiger partial charge is 0.246 e. The van der Waals surface area contributed by atoms with Crippen LogP contribution >= 0.6 is 0 Å². The van der Waals surface area contributed by atoms with Crippen molar-refractivity contribution in [1.29, 1.82) is 0 Å². The molecular weight excluding hydrogens is 376 g/mol. The first kappa shape index (κ1) is 20.1. The van der Waals surface area contributed by atoms with Crippen LogP contribution in [0.15, 0.2) is 59.5 Å². The highest BCUT2D eigenvalue weighted by atomic mass is 32.2. The zero-order valence-corrected chi connectivity index (χ0v) is 16.9. The minimum absolute atomic E-state index is 0.109. The van der Waals surface area contributed by atoms with Gasteiger partial charge in [0.25, 0.3) is 0 Å². The zero-order valence-electron chi connectivity index (χ0n) is 16.0. The number of hydrogen-bond acceptors (Lipinski definition) is 4. The molecule has 3 rings (SSSR count). The van der Waals surface area contributed by atoms with Gasteiger partial charge in [-0.25, -0.2) is 8.42 Å². The van der Waals surface area contributed by atoms with E-state index < -0.39 is 10.0 Å². The molecule has 1 heterocycles. The van der Waals surface area contributed by atoms with Crippen molar-refractivity contribution in [3.8, 4) is 5.75 Å². The second-order valence-electron chi connectivity index (χ2n) is 6.65. The van der Waals surface area contributed by atoms with Crippen LogP contribution in [0.2, 0.25) is 0 Å². The lowest BCUT2D eigenvalue weighted by Crippen LogP contribution is -2.50. The third-order valence-electron chi connectivity index (χ3n) is 4.74. The van der Waals surface area contributed by atoms with Gasteiger partial charge in [-0.05, 0) is 42.8 Å². The summed E-state index contributed by atoms with van der Waals surface area (Å²) in [5.41, 5.74) is 2.12. The quantitative estimate of drug-likeness (QED) is 0.724. The van der Waals surface area contributed by atoms with Crippen molar-refractivity contribution in [1.82, 2.24) is 9.21 Å². The fraction of sp³-hybridized carbons (Fsp3) is 0.286. The Morgan fingerprint density at radius 3 is 2.14 bits per heavy atom. The van der Waals surface area contributed by atoms with Gasteiger partial charge in [-0.2, -0.15) is 4.31 Å². The van der Waals surface area contributed by atoms with E-state index in [1.54, 1.807) is 23.1 Å². The minimum Gasteiger partial charge on any atom is -0.497 e. The molecule has 0 N–H and O–H groups in total. The van der Waals surface area contributed by atoms with Crippen molar-refractivity contribution < 1.29 is 17.9 Å². The van der Waals surface area contributed by atoms with Gasteiger partial charge in [0, 0.05) is 32.3 Å². The molecule has 148 valence electrons. The molecule has 0 saturated carbocycles. The highest BCUT2D eigenvalue weighted by molar-refractivity contribution is 7.89. The molecule has 2 aromatic carbocycles. The highest BCUT2D eigenvalue weighted by Gasteiger charge is 2.29. The first-order chi connectivity index (χ1) is 13.4. The summed E-state index contributed by atoms with van der Waals surface area (Å²) >= 11 is 0. The maximum absolute atomic E-state index is 12.8. The molecule has 6 nitrogen and oxygen atoms in total. The van der Waals surface area contributed by atoms with Crippen molar-refractivity contribution in [3.63, 3.8) is 0 Å². The lowest BCUT2D eigenvalue weighted by molar-refractivity contribution is -0.127. The molecule has 2 aromatic rings. The lowest BCUT2D eigenvalue weighted by Gasteiger charge is -2.33. The monoisotopic (exact) mass is 400 g/mol. The lowest BCUT2D eigenvalue weighted by atomic mass is 10.1. The highest BCUT2D eigenvalue weighted by Crippen LogP contribution is 2.20. The maximum atomic E-state index is 12.8. The number of ether oxygens (including phenoxy) is 1. The normalized spacial score (nSPS) is 15.7. The summed E-state index contributed by atoms with van der Waals surface area (Å²) in [6.07, 6.45) is 3.32. The van der Waals surface area contributed by atoms with E-state index in [0.717, 1.165) is 11.1 Å². The number of methoxy groups -OCH3 is 1. The summed E-state index contributed by atoms with van der Waals surface area (Å²) < 4.78 is 32.0. The number of sulfonamides is 1. The Morgan fingerprint density at radius 2 is 1.57 bits per heavy atom. The van der Waals surface area contributed by atoms with Crippen LogP contribution in [0.1, 0.15) is 11.1 Å². The molecule has 0 aromatic heterocycles. The van der Waals surface area contributed by atoms with Gasteiger partial charge in [0.2, 0.25) is 15.9 Å². The van der Waals surface area contributed by atoms with E-state index in [-0.39, 0.29) is 23.9 Å². The zero-order chi connectivity index (χ0) is 20.1. The first-order valence-corrected chi connectivity index (χ1v) is 10.5. The number of piperazine rings is 1. The number of hydrogen-bond donors (Lipinski definition) is 0. The standard InChI is InChI=1S/C21H24N2O4S/c1-17-3-5-18(6-4-17)7-12-21(24)22-13-15-23(16-14-22)28(25,26)20-10-8-19(27-2)9-11-20/h3-12H,13-16H2,1-2H3/b12-7+. The summed E-state index contributed by atoms with van der Waals surface area (Å²) in [5.74, 6) is 0.497. The van der Waals surface area contributed by atoms with E-state index in [4.69, 9.17) is 4.74 Å². The molecule has 1 fully saturated rings. The Kier molecular flexibility index (Phi) is 6.16. The van der Waals surface area contributed by atoms with Crippen molar-refractivity contribution in [2.45, 2.75) is 11.8 Å². The van der Waals surface area contributed by atoms with Crippen molar-refractivity contribution in [3.05, 3.63) is 65.7 Å². The minimum atomic E-state index is -3.57. The van der Waals surface area contributed by atoms with Gasteiger partial charge in [0.1, 0.15) is 5.75 Å². The summed E-state index contributed by atoms with van der Waals surface area (Å²) in [7, 11) is -2.04. The van der Waals surface area contributed by atoms with E-state index in [1.165, 1.54) is 29.6 Å². The Labute approximate surface area is 166 Å². The predicted molar refractivity (Wildman–Crippen MR) is 109 cm³/mol. The number of amides is 1. The predicted octanol–water partition coefficient (Wildman–Crippen LogP) is 2.55. The summed E-state index contributed by atoms with van der Waals surface area (Å²) in [6.45, 7) is 3.30. The molecule has 0 atom stereocenters. The summed E-state index contributed by atoms with van der Waals surface area (Å²) in [5, 5.41) is 0. The number of benzene rings is 2. The molecule has 1 saturated heterocycles. The van der Waals surface area contributed by atoms with Crippen molar-refractivity contribution in [2.75, 3.05) is 33.3 Å². The van der Waals surface area contributed by atoms with Gasteiger partial charge < -0.3 is 9.64 Å². The second kappa shape index (κ2) is 8.58. The van der Waals surface area contributed by atoms with Crippen LogP contribution < -0.4 is 4.74 Å². The Hall–Kier alpha value is -2.64. The molecule has 0 aliphatic carbocycles. The average Bonchev–Trinajstić information content (AvgIpc) is 2.73. The van der Waals surface area contributed by atoms with E-state index in [2.05, 4.69) is 0 Å². The molecular formula is C21H24N2O4S. The molecule has 0 spiro atoms. The molecule has 1 amide bonds. The molecule has 1 aliphatic rings. The molecule has 28 heavy (non-hydrogen) atoms. The number of nitrogens with zero attached hydrogens (tertiary/aromatic N) is 2. The maximum Gasteiger partial charge on any atom is 0.246 e. The van der Waals surface area contributed by atoms with Gasteiger partial charge in [-0.1, -0.05) is 29.8 Å². The van der Waals surface area contributed by atoms with Crippen LogP contribution in [0, 0.1) is 6.92 Å². The van der Waals surface area contributed by atoms with Gasteiger partial charge in [-0.3, -0.25) is 4.79 Å². The first-order valence-electron chi connectivity index (χ1n) is 9.08.